The molecule has 21 heavy (non-hydrogen) atoms. The number of halogens is 1. The number of hydrogen-bond donors (Lipinski definition) is 1. The number of anilines is 1. The Morgan fingerprint density at radius 1 is 1.05 bits per heavy atom. The molecule has 2 aromatic rings. The third-order valence-corrected chi connectivity index (χ3v) is 3.75. The van der Waals surface area contributed by atoms with Crippen LogP contribution in [0.5, 0.6) is 11.5 Å². The molecule has 112 valence electrons. The molecule has 0 saturated heterocycles. The Bertz CT molecular complexity index is 587. The van der Waals surface area contributed by atoms with Gasteiger partial charge >= 0.3 is 0 Å². The molecule has 1 unspecified atom stereocenters. The van der Waals surface area contributed by atoms with Crippen molar-refractivity contribution in [3.63, 3.8) is 0 Å². The standard InChI is InChI=1S/C17H20ClNO2/c1-12(13-7-5-4-6-8-13)11-19-15-10-17(21-3)16(20-2)9-14(15)18/h4-10,12,19H,11H2,1-3H3. The third kappa shape index (κ3) is 3.82. The van der Waals surface area contributed by atoms with Gasteiger partial charge in [-0.25, -0.2) is 0 Å². The molecule has 0 aromatic heterocycles. The van der Waals surface area contributed by atoms with E-state index in [0.717, 1.165) is 12.2 Å². The Labute approximate surface area is 130 Å². The first kappa shape index (κ1) is 15.5. The molecule has 1 N–H and O–H groups in total. The van der Waals surface area contributed by atoms with E-state index in [1.165, 1.54) is 5.56 Å². The van der Waals surface area contributed by atoms with Gasteiger partial charge in [0.25, 0.3) is 0 Å². The fraction of sp³-hybridized carbons (Fsp3) is 0.294. The molecule has 0 radical (unpaired) electrons. The zero-order valence-corrected chi connectivity index (χ0v) is 13.3. The summed E-state index contributed by atoms with van der Waals surface area (Å²) in [6, 6.07) is 14.0. The van der Waals surface area contributed by atoms with E-state index in [2.05, 4.69) is 36.5 Å². The average molecular weight is 306 g/mol. The molecule has 0 heterocycles. The van der Waals surface area contributed by atoms with Crippen LogP contribution in [0.3, 0.4) is 0 Å². The first-order chi connectivity index (χ1) is 10.2. The van der Waals surface area contributed by atoms with Crippen LogP contribution in [-0.4, -0.2) is 20.8 Å². The lowest BCUT2D eigenvalue weighted by molar-refractivity contribution is 0.355. The molecule has 2 rings (SSSR count). The van der Waals surface area contributed by atoms with Crippen LogP contribution < -0.4 is 14.8 Å². The van der Waals surface area contributed by atoms with Crippen molar-refractivity contribution in [2.24, 2.45) is 0 Å². The molecule has 1 atom stereocenters. The van der Waals surface area contributed by atoms with Gasteiger partial charge in [0.15, 0.2) is 11.5 Å². The highest BCUT2D eigenvalue weighted by molar-refractivity contribution is 6.33. The fourth-order valence-electron chi connectivity index (χ4n) is 2.15. The molecule has 0 aliphatic rings. The van der Waals surface area contributed by atoms with E-state index in [0.29, 0.717) is 22.4 Å². The second-order valence-corrected chi connectivity index (χ2v) is 5.29. The Morgan fingerprint density at radius 3 is 2.29 bits per heavy atom. The topological polar surface area (TPSA) is 30.5 Å². The van der Waals surface area contributed by atoms with E-state index in [4.69, 9.17) is 21.1 Å². The quantitative estimate of drug-likeness (QED) is 0.848. The normalized spacial score (nSPS) is 11.8. The van der Waals surface area contributed by atoms with E-state index < -0.39 is 0 Å². The van der Waals surface area contributed by atoms with Crippen molar-refractivity contribution in [1.29, 1.82) is 0 Å². The van der Waals surface area contributed by atoms with E-state index in [1.54, 1.807) is 20.3 Å². The summed E-state index contributed by atoms with van der Waals surface area (Å²) in [5.74, 6) is 1.68. The molecule has 0 saturated carbocycles. The second-order valence-electron chi connectivity index (χ2n) is 4.88. The molecule has 0 spiro atoms. The van der Waals surface area contributed by atoms with Crippen LogP contribution in [0.1, 0.15) is 18.4 Å². The Morgan fingerprint density at radius 2 is 1.67 bits per heavy atom. The van der Waals surface area contributed by atoms with Gasteiger partial charge in [0, 0.05) is 18.7 Å². The highest BCUT2D eigenvalue weighted by Gasteiger charge is 2.11. The smallest absolute Gasteiger partial charge is 0.162 e. The molecular weight excluding hydrogens is 286 g/mol. The number of ether oxygens (including phenoxy) is 2. The minimum atomic E-state index is 0.385. The van der Waals surface area contributed by atoms with Gasteiger partial charge in [0.2, 0.25) is 0 Å². The maximum Gasteiger partial charge on any atom is 0.162 e. The molecule has 0 aliphatic carbocycles. The minimum Gasteiger partial charge on any atom is -0.493 e. The van der Waals surface area contributed by atoms with Gasteiger partial charge in [-0.05, 0) is 11.5 Å². The van der Waals surface area contributed by atoms with Gasteiger partial charge in [-0.1, -0.05) is 48.9 Å². The molecule has 3 nitrogen and oxygen atoms in total. The molecular formula is C17H20ClNO2. The highest BCUT2D eigenvalue weighted by atomic mass is 35.5. The molecule has 4 heteroatoms. The van der Waals surface area contributed by atoms with Gasteiger partial charge in [0.1, 0.15) is 0 Å². The van der Waals surface area contributed by atoms with Crippen LogP contribution in [0.2, 0.25) is 5.02 Å². The number of rotatable bonds is 6. The summed E-state index contributed by atoms with van der Waals surface area (Å²) in [6.45, 7) is 2.97. The van der Waals surface area contributed by atoms with Crippen molar-refractivity contribution in [3.05, 3.63) is 53.1 Å². The van der Waals surface area contributed by atoms with E-state index >= 15 is 0 Å². The van der Waals surface area contributed by atoms with Crippen molar-refractivity contribution in [2.45, 2.75) is 12.8 Å². The van der Waals surface area contributed by atoms with Crippen LogP contribution >= 0.6 is 11.6 Å². The van der Waals surface area contributed by atoms with Crippen LogP contribution in [0.15, 0.2) is 42.5 Å². The molecule has 0 aliphatic heterocycles. The summed E-state index contributed by atoms with van der Waals surface area (Å²) < 4.78 is 10.5. The van der Waals surface area contributed by atoms with Crippen LogP contribution in [0.4, 0.5) is 5.69 Å². The lowest BCUT2D eigenvalue weighted by Gasteiger charge is -2.16. The predicted molar refractivity (Wildman–Crippen MR) is 87.9 cm³/mol. The maximum atomic E-state index is 6.27. The number of benzene rings is 2. The monoisotopic (exact) mass is 305 g/mol. The molecule has 2 aromatic carbocycles. The summed E-state index contributed by atoms with van der Waals surface area (Å²) in [4.78, 5) is 0. The van der Waals surface area contributed by atoms with Crippen molar-refractivity contribution >= 4 is 17.3 Å². The highest BCUT2D eigenvalue weighted by Crippen LogP contribution is 2.36. The van der Waals surface area contributed by atoms with Gasteiger partial charge < -0.3 is 14.8 Å². The number of methoxy groups -OCH3 is 2. The average Bonchev–Trinajstić information content (AvgIpc) is 2.53. The Balaban J connectivity index is 2.09. The first-order valence-electron chi connectivity index (χ1n) is 6.86. The second kappa shape index (κ2) is 7.23. The van der Waals surface area contributed by atoms with Crippen molar-refractivity contribution in [1.82, 2.24) is 0 Å². The van der Waals surface area contributed by atoms with Crippen LogP contribution in [0, 0.1) is 0 Å². The molecule has 0 amide bonds. The summed E-state index contributed by atoms with van der Waals surface area (Å²) in [5, 5.41) is 3.99. The lowest BCUT2D eigenvalue weighted by Crippen LogP contribution is -2.10. The van der Waals surface area contributed by atoms with E-state index in [-0.39, 0.29) is 0 Å². The largest absolute Gasteiger partial charge is 0.493 e. The van der Waals surface area contributed by atoms with Gasteiger partial charge in [0.05, 0.1) is 24.9 Å². The Kier molecular flexibility index (Phi) is 5.34. The van der Waals surface area contributed by atoms with E-state index in [9.17, 15) is 0 Å². The first-order valence-corrected chi connectivity index (χ1v) is 7.23. The van der Waals surface area contributed by atoms with Gasteiger partial charge in [-0.3, -0.25) is 0 Å². The summed E-state index contributed by atoms with van der Waals surface area (Å²) in [6.07, 6.45) is 0. The maximum absolute atomic E-state index is 6.27. The molecule has 0 fully saturated rings. The predicted octanol–water partition coefficient (Wildman–Crippen LogP) is 4.57. The third-order valence-electron chi connectivity index (χ3n) is 3.44. The van der Waals surface area contributed by atoms with Gasteiger partial charge in [-0.15, -0.1) is 0 Å². The SMILES string of the molecule is COc1cc(Cl)c(NCC(C)c2ccccc2)cc1OC. The number of hydrogen-bond acceptors (Lipinski definition) is 3. The zero-order chi connectivity index (χ0) is 15.2. The number of nitrogens with one attached hydrogen (secondary N) is 1. The summed E-state index contributed by atoms with van der Waals surface area (Å²) in [5.41, 5.74) is 2.14. The van der Waals surface area contributed by atoms with Crippen LogP contribution in [-0.2, 0) is 0 Å². The van der Waals surface area contributed by atoms with Crippen molar-refractivity contribution < 1.29 is 9.47 Å². The van der Waals surface area contributed by atoms with Crippen molar-refractivity contribution in [3.8, 4) is 11.5 Å². The minimum absolute atomic E-state index is 0.385. The fourth-order valence-corrected chi connectivity index (χ4v) is 2.37. The van der Waals surface area contributed by atoms with Crippen LogP contribution in [0.25, 0.3) is 0 Å². The Hall–Kier alpha value is -1.87. The summed E-state index contributed by atoms with van der Waals surface area (Å²) >= 11 is 6.27. The zero-order valence-electron chi connectivity index (χ0n) is 12.5. The summed E-state index contributed by atoms with van der Waals surface area (Å²) in [7, 11) is 3.21. The van der Waals surface area contributed by atoms with E-state index in [1.807, 2.05) is 12.1 Å². The molecule has 0 bridgehead atoms. The lowest BCUT2D eigenvalue weighted by atomic mass is 10.0. The van der Waals surface area contributed by atoms with Gasteiger partial charge in [-0.2, -0.15) is 0 Å². The van der Waals surface area contributed by atoms with Crippen molar-refractivity contribution in [2.75, 3.05) is 26.1 Å².